The average molecular weight is 317 g/mol. The van der Waals surface area contributed by atoms with Crippen molar-refractivity contribution in [3.8, 4) is 5.88 Å². The Labute approximate surface area is 130 Å². The van der Waals surface area contributed by atoms with E-state index >= 15 is 0 Å². The van der Waals surface area contributed by atoms with E-state index < -0.39 is 8.25 Å². The topological polar surface area (TPSA) is 71.5 Å². The van der Waals surface area contributed by atoms with Crippen molar-refractivity contribution in [3.05, 3.63) is 59.3 Å². The lowest BCUT2D eigenvalue weighted by molar-refractivity contribution is 0.399. The highest BCUT2D eigenvalue weighted by molar-refractivity contribution is 7.32. The van der Waals surface area contributed by atoms with Crippen LogP contribution in [0.2, 0.25) is 0 Å². The minimum Gasteiger partial charge on any atom is -0.309 e. The van der Waals surface area contributed by atoms with Crippen molar-refractivity contribution >= 4 is 8.25 Å². The van der Waals surface area contributed by atoms with Gasteiger partial charge in [-0.3, -0.25) is 0 Å². The predicted molar refractivity (Wildman–Crippen MR) is 83.8 cm³/mol. The fraction of sp³-hybridized carbons (Fsp3) is 0.312. The fourth-order valence-electron chi connectivity index (χ4n) is 2.73. The lowest BCUT2D eigenvalue weighted by Crippen LogP contribution is -2.36. The van der Waals surface area contributed by atoms with Gasteiger partial charge in [-0.25, -0.2) is 9.51 Å². The summed E-state index contributed by atoms with van der Waals surface area (Å²) in [5, 5.41) is 3.52. The molecule has 1 aromatic carbocycles. The van der Waals surface area contributed by atoms with Gasteiger partial charge in [0.25, 0.3) is 5.88 Å². The van der Waals surface area contributed by atoms with Crippen LogP contribution in [0.1, 0.15) is 23.2 Å². The molecule has 2 unspecified atom stereocenters. The van der Waals surface area contributed by atoms with Crippen LogP contribution in [-0.2, 0) is 24.0 Å². The Bertz CT molecular complexity index is 664. The number of nitrogens with zero attached hydrogens (tertiary/aromatic N) is 1. The second-order valence-corrected chi connectivity index (χ2v) is 6.05. The highest BCUT2D eigenvalue weighted by atomic mass is 31.1. The maximum Gasteiger partial charge on any atom is 0.749 e. The summed E-state index contributed by atoms with van der Waals surface area (Å²) in [6.07, 6.45) is 2.86. The molecule has 2 atom stereocenters. The summed E-state index contributed by atoms with van der Waals surface area (Å²) in [4.78, 5) is 13.2. The number of pyridine rings is 1. The van der Waals surface area contributed by atoms with E-state index in [4.69, 9.17) is 9.42 Å². The van der Waals surface area contributed by atoms with Crippen LogP contribution >= 0.6 is 8.25 Å². The minimum atomic E-state index is -2.67. The smallest absolute Gasteiger partial charge is 0.309 e. The number of rotatable bonds is 5. The van der Waals surface area contributed by atoms with E-state index in [0.29, 0.717) is 6.04 Å². The van der Waals surface area contributed by atoms with Crippen LogP contribution in [0.5, 0.6) is 5.88 Å². The van der Waals surface area contributed by atoms with E-state index in [0.717, 1.165) is 37.1 Å². The molecule has 1 aromatic heterocycles. The molecule has 3 rings (SSSR count). The third kappa shape index (κ3) is 3.89. The van der Waals surface area contributed by atoms with Crippen LogP contribution in [0.15, 0.2) is 42.5 Å². The van der Waals surface area contributed by atoms with Gasteiger partial charge in [0.2, 0.25) is 0 Å². The van der Waals surface area contributed by atoms with E-state index in [1.807, 2.05) is 12.1 Å². The fourth-order valence-corrected chi connectivity index (χ4v) is 2.99. The summed E-state index contributed by atoms with van der Waals surface area (Å²) in [5.41, 5.74) is 3.40. The number of aryl methyl sites for hydroxylation is 1. The Hall–Kier alpha value is -1.81. The summed E-state index contributed by atoms with van der Waals surface area (Å²) >= 11 is 0. The summed E-state index contributed by atoms with van der Waals surface area (Å²) < 4.78 is 15.5. The molecule has 2 aromatic rings. The van der Waals surface area contributed by atoms with Gasteiger partial charge in [0.15, 0.2) is 0 Å². The van der Waals surface area contributed by atoms with Crippen LogP contribution in [0.3, 0.4) is 0 Å². The maximum absolute atomic E-state index is 10.7. The molecule has 2 N–H and O–H groups in total. The van der Waals surface area contributed by atoms with E-state index in [1.54, 1.807) is 6.07 Å². The van der Waals surface area contributed by atoms with Gasteiger partial charge in [-0.1, -0.05) is 36.4 Å². The van der Waals surface area contributed by atoms with Gasteiger partial charge in [-0.2, -0.15) is 0 Å². The molecule has 0 spiro atoms. The molecule has 0 saturated heterocycles. The SMILES string of the molecule is O=[P+](O)Oc1ccc2c(n1)CC(CCc1ccccc1)NC2. The Morgan fingerprint density at radius 2 is 2.09 bits per heavy atom. The summed E-state index contributed by atoms with van der Waals surface area (Å²) in [5.74, 6) is 0.214. The summed E-state index contributed by atoms with van der Waals surface area (Å²) in [6, 6.07) is 14.3. The summed E-state index contributed by atoms with van der Waals surface area (Å²) in [7, 11) is -2.67. The molecule has 5 nitrogen and oxygen atoms in total. The van der Waals surface area contributed by atoms with Crippen molar-refractivity contribution in [1.82, 2.24) is 10.3 Å². The molecular formula is C16H18N2O3P+. The molecule has 0 aliphatic carbocycles. The van der Waals surface area contributed by atoms with Gasteiger partial charge in [-0.05, 0) is 24.0 Å². The number of hydrogen-bond acceptors (Lipinski definition) is 4. The largest absolute Gasteiger partial charge is 0.749 e. The molecule has 1 aliphatic heterocycles. The van der Waals surface area contributed by atoms with Crippen LogP contribution in [0.25, 0.3) is 0 Å². The Kier molecular flexibility index (Phi) is 4.78. The van der Waals surface area contributed by atoms with Crippen molar-refractivity contribution in [2.45, 2.75) is 31.8 Å². The molecular weight excluding hydrogens is 299 g/mol. The number of hydrogen-bond donors (Lipinski definition) is 2. The zero-order valence-electron chi connectivity index (χ0n) is 12.1. The summed E-state index contributed by atoms with van der Waals surface area (Å²) in [6.45, 7) is 0.771. The molecule has 0 amide bonds. The first kappa shape index (κ1) is 15.1. The van der Waals surface area contributed by atoms with Gasteiger partial charge in [0.1, 0.15) is 0 Å². The van der Waals surface area contributed by atoms with Crippen molar-refractivity contribution in [2.24, 2.45) is 0 Å². The van der Waals surface area contributed by atoms with Gasteiger partial charge in [-0.15, -0.1) is 4.89 Å². The monoisotopic (exact) mass is 317 g/mol. The zero-order chi connectivity index (χ0) is 15.4. The third-order valence-corrected chi connectivity index (χ3v) is 4.20. The normalized spacial score (nSPS) is 17.7. The quantitative estimate of drug-likeness (QED) is 0.830. The molecule has 1 aliphatic rings. The highest BCUT2D eigenvalue weighted by Gasteiger charge is 2.22. The lowest BCUT2D eigenvalue weighted by Gasteiger charge is -2.25. The second kappa shape index (κ2) is 6.97. The lowest BCUT2D eigenvalue weighted by atomic mass is 9.96. The standard InChI is InChI=1S/C16H17N2O3P/c19-22(20)21-16-9-7-13-11-17-14(10-15(13)18-16)8-6-12-4-2-1-3-5-12/h1-5,7,9,14,17H,6,8,10-11H2/p+1. The Morgan fingerprint density at radius 1 is 1.27 bits per heavy atom. The predicted octanol–water partition coefficient (Wildman–Crippen LogP) is 2.76. The van der Waals surface area contributed by atoms with Crippen LogP contribution in [0, 0.1) is 0 Å². The molecule has 0 fully saturated rings. The van der Waals surface area contributed by atoms with Gasteiger partial charge < -0.3 is 5.32 Å². The third-order valence-electron chi connectivity index (χ3n) is 3.86. The first-order valence-electron chi connectivity index (χ1n) is 7.31. The number of nitrogens with one attached hydrogen (secondary N) is 1. The van der Waals surface area contributed by atoms with Crippen molar-refractivity contribution in [2.75, 3.05) is 0 Å². The highest BCUT2D eigenvalue weighted by Crippen LogP contribution is 2.25. The minimum absolute atomic E-state index is 0.214. The number of benzene rings is 1. The molecule has 0 saturated carbocycles. The van der Waals surface area contributed by atoms with Crippen molar-refractivity contribution in [1.29, 1.82) is 0 Å². The Balaban J connectivity index is 1.63. The number of aromatic nitrogens is 1. The number of fused-ring (bicyclic) bond motifs is 1. The molecule has 2 heterocycles. The van der Waals surface area contributed by atoms with Crippen LogP contribution in [0.4, 0.5) is 0 Å². The maximum atomic E-state index is 10.7. The Morgan fingerprint density at radius 3 is 2.86 bits per heavy atom. The van der Waals surface area contributed by atoms with Crippen LogP contribution < -0.4 is 9.84 Å². The van der Waals surface area contributed by atoms with E-state index in [-0.39, 0.29) is 5.88 Å². The van der Waals surface area contributed by atoms with E-state index in [2.05, 4.69) is 34.6 Å². The first-order chi connectivity index (χ1) is 10.7. The molecule has 114 valence electrons. The zero-order valence-corrected chi connectivity index (χ0v) is 13.0. The first-order valence-corrected chi connectivity index (χ1v) is 8.44. The van der Waals surface area contributed by atoms with Crippen molar-refractivity contribution < 1.29 is 14.0 Å². The van der Waals surface area contributed by atoms with Crippen molar-refractivity contribution in [3.63, 3.8) is 0 Å². The van der Waals surface area contributed by atoms with Gasteiger partial charge in [0, 0.05) is 29.6 Å². The molecule has 0 bridgehead atoms. The van der Waals surface area contributed by atoms with E-state index in [9.17, 15) is 4.57 Å². The van der Waals surface area contributed by atoms with E-state index in [1.165, 1.54) is 5.56 Å². The van der Waals surface area contributed by atoms with Crippen LogP contribution in [-0.4, -0.2) is 15.9 Å². The molecule has 0 radical (unpaired) electrons. The molecule has 6 heteroatoms. The van der Waals surface area contributed by atoms with Gasteiger partial charge in [0.05, 0.1) is 5.69 Å². The second-order valence-electron chi connectivity index (χ2n) is 5.39. The van der Waals surface area contributed by atoms with Gasteiger partial charge >= 0.3 is 8.25 Å². The molecule has 22 heavy (non-hydrogen) atoms. The average Bonchev–Trinajstić information content (AvgIpc) is 2.53.